The molecule has 0 spiro atoms. The van der Waals surface area contributed by atoms with Gasteiger partial charge in [0, 0.05) is 21.8 Å². The fourth-order valence-electron chi connectivity index (χ4n) is 2.77. The van der Waals surface area contributed by atoms with Gasteiger partial charge < -0.3 is 4.90 Å². The number of hydrogen-bond donors (Lipinski definition) is 0. The van der Waals surface area contributed by atoms with E-state index in [0.29, 0.717) is 10.6 Å². The molecule has 4 heteroatoms. The molecule has 2 nitrogen and oxygen atoms in total. The maximum atomic E-state index is 12.9. The number of para-hydroxylation sites is 1. The van der Waals surface area contributed by atoms with Crippen LogP contribution in [0.15, 0.2) is 46.9 Å². The van der Waals surface area contributed by atoms with E-state index in [9.17, 15) is 4.79 Å². The summed E-state index contributed by atoms with van der Waals surface area (Å²) in [5, 5.41) is 0.610. The first kappa shape index (κ1) is 14.6. The Hall–Kier alpha value is -1.32. The summed E-state index contributed by atoms with van der Waals surface area (Å²) in [5.41, 5.74) is 2.90. The predicted molar refractivity (Wildman–Crippen MR) is 90.2 cm³/mol. The Morgan fingerprint density at radius 1 is 1.29 bits per heavy atom. The molecule has 21 heavy (non-hydrogen) atoms. The molecule has 108 valence electrons. The van der Waals surface area contributed by atoms with Crippen molar-refractivity contribution in [1.82, 2.24) is 0 Å². The van der Waals surface area contributed by atoms with Crippen LogP contribution in [0.5, 0.6) is 0 Å². The first-order chi connectivity index (χ1) is 10.1. The Morgan fingerprint density at radius 3 is 2.81 bits per heavy atom. The number of anilines is 1. The topological polar surface area (TPSA) is 20.3 Å². The summed E-state index contributed by atoms with van der Waals surface area (Å²) >= 11 is 9.39. The third kappa shape index (κ3) is 2.72. The van der Waals surface area contributed by atoms with Gasteiger partial charge in [0.1, 0.15) is 0 Å². The molecule has 3 rings (SSSR count). The highest BCUT2D eigenvalue weighted by molar-refractivity contribution is 9.10. The minimum absolute atomic E-state index is 0.0204. The fourth-order valence-corrected chi connectivity index (χ4v) is 3.26. The predicted octanol–water partition coefficient (Wildman–Crippen LogP) is 5.08. The van der Waals surface area contributed by atoms with E-state index in [1.54, 1.807) is 18.2 Å². The number of hydrogen-bond acceptors (Lipinski definition) is 1. The number of carbonyl (C=O) groups is 1. The van der Waals surface area contributed by atoms with Crippen molar-refractivity contribution in [3.05, 3.63) is 63.1 Å². The lowest BCUT2D eigenvalue weighted by Gasteiger charge is -2.35. The Bertz CT molecular complexity index is 701. The summed E-state index contributed by atoms with van der Waals surface area (Å²) in [6, 6.07) is 13.6. The van der Waals surface area contributed by atoms with Gasteiger partial charge in [-0.15, -0.1) is 0 Å². The summed E-state index contributed by atoms with van der Waals surface area (Å²) in [6.07, 6.45) is 2.00. The van der Waals surface area contributed by atoms with Crippen molar-refractivity contribution in [3.63, 3.8) is 0 Å². The van der Waals surface area contributed by atoms with E-state index < -0.39 is 0 Å². The standard InChI is InChI=1S/C17H15BrClNO/c1-11-6-7-12-4-2-3-5-16(12)20(11)17(21)13-8-9-15(19)14(18)10-13/h2-5,8-11H,6-7H2,1H3. The van der Waals surface area contributed by atoms with Crippen molar-refractivity contribution in [1.29, 1.82) is 0 Å². The van der Waals surface area contributed by atoms with Crippen molar-refractivity contribution in [3.8, 4) is 0 Å². The summed E-state index contributed by atoms with van der Waals surface area (Å²) in [5.74, 6) is 0.0204. The van der Waals surface area contributed by atoms with E-state index in [1.165, 1.54) is 5.56 Å². The highest BCUT2D eigenvalue weighted by atomic mass is 79.9. The molecule has 1 atom stereocenters. The Labute approximate surface area is 137 Å². The zero-order valence-corrected chi connectivity index (χ0v) is 14.0. The molecule has 0 saturated heterocycles. The van der Waals surface area contributed by atoms with Crippen molar-refractivity contribution in [2.45, 2.75) is 25.8 Å². The largest absolute Gasteiger partial charge is 0.305 e. The molecule has 1 unspecified atom stereocenters. The number of nitrogens with zero attached hydrogens (tertiary/aromatic N) is 1. The van der Waals surface area contributed by atoms with Crippen LogP contribution in [0.2, 0.25) is 5.02 Å². The Morgan fingerprint density at radius 2 is 2.05 bits per heavy atom. The third-order valence-electron chi connectivity index (χ3n) is 3.91. The smallest absolute Gasteiger partial charge is 0.258 e. The lowest BCUT2D eigenvalue weighted by Crippen LogP contribution is -2.42. The average molecular weight is 365 g/mol. The number of carbonyl (C=O) groups excluding carboxylic acids is 1. The molecule has 0 radical (unpaired) electrons. The van der Waals surface area contributed by atoms with E-state index in [1.807, 2.05) is 23.1 Å². The maximum Gasteiger partial charge on any atom is 0.258 e. The molecule has 1 aliphatic rings. The monoisotopic (exact) mass is 363 g/mol. The zero-order valence-electron chi connectivity index (χ0n) is 11.6. The van der Waals surface area contributed by atoms with Crippen LogP contribution >= 0.6 is 27.5 Å². The van der Waals surface area contributed by atoms with Crippen LogP contribution in [0.1, 0.15) is 29.3 Å². The normalized spacial score (nSPS) is 17.5. The minimum Gasteiger partial charge on any atom is -0.305 e. The highest BCUT2D eigenvalue weighted by Gasteiger charge is 2.28. The Kier molecular flexibility index (Phi) is 4.05. The molecule has 2 aromatic rings. The number of aryl methyl sites for hydroxylation is 1. The number of benzene rings is 2. The minimum atomic E-state index is 0.0204. The van der Waals surface area contributed by atoms with E-state index in [4.69, 9.17) is 11.6 Å². The van der Waals surface area contributed by atoms with Crippen LogP contribution in [0, 0.1) is 0 Å². The molecule has 0 aliphatic carbocycles. The van der Waals surface area contributed by atoms with Gasteiger partial charge in [-0.3, -0.25) is 4.79 Å². The number of halogens is 2. The van der Waals surface area contributed by atoms with Gasteiger partial charge in [-0.1, -0.05) is 29.8 Å². The lowest BCUT2D eigenvalue weighted by molar-refractivity contribution is 0.0975. The van der Waals surface area contributed by atoms with Gasteiger partial charge in [0.2, 0.25) is 0 Å². The molecular weight excluding hydrogens is 350 g/mol. The van der Waals surface area contributed by atoms with Crippen LogP contribution in [-0.2, 0) is 6.42 Å². The number of fused-ring (bicyclic) bond motifs is 1. The van der Waals surface area contributed by atoms with Gasteiger partial charge in [-0.25, -0.2) is 0 Å². The molecule has 1 heterocycles. The van der Waals surface area contributed by atoms with Gasteiger partial charge in [0.15, 0.2) is 0 Å². The lowest BCUT2D eigenvalue weighted by atomic mass is 9.96. The number of amides is 1. The van der Waals surface area contributed by atoms with E-state index in [2.05, 4.69) is 28.9 Å². The van der Waals surface area contributed by atoms with Crippen molar-refractivity contribution in [2.75, 3.05) is 4.90 Å². The maximum absolute atomic E-state index is 12.9. The summed E-state index contributed by atoms with van der Waals surface area (Å²) in [6.45, 7) is 2.10. The molecular formula is C17H15BrClNO. The van der Waals surface area contributed by atoms with Crippen molar-refractivity contribution >= 4 is 39.1 Å². The highest BCUT2D eigenvalue weighted by Crippen LogP contribution is 2.32. The first-order valence-electron chi connectivity index (χ1n) is 6.94. The van der Waals surface area contributed by atoms with Crippen LogP contribution in [0.4, 0.5) is 5.69 Å². The van der Waals surface area contributed by atoms with E-state index in [-0.39, 0.29) is 11.9 Å². The second kappa shape index (κ2) is 5.82. The second-order valence-electron chi connectivity index (χ2n) is 5.32. The second-order valence-corrected chi connectivity index (χ2v) is 6.58. The molecule has 1 aliphatic heterocycles. The van der Waals surface area contributed by atoms with Crippen LogP contribution < -0.4 is 4.90 Å². The number of rotatable bonds is 1. The Balaban J connectivity index is 2.02. The van der Waals surface area contributed by atoms with Crippen molar-refractivity contribution < 1.29 is 4.79 Å². The third-order valence-corrected chi connectivity index (χ3v) is 5.12. The molecule has 0 fully saturated rings. The molecule has 0 bridgehead atoms. The van der Waals surface area contributed by atoms with E-state index in [0.717, 1.165) is 23.0 Å². The van der Waals surface area contributed by atoms with Crippen LogP contribution in [0.25, 0.3) is 0 Å². The van der Waals surface area contributed by atoms with Crippen LogP contribution in [0.3, 0.4) is 0 Å². The van der Waals surface area contributed by atoms with Gasteiger partial charge in [0.25, 0.3) is 5.91 Å². The van der Waals surface area contributed by atoms with Gasteiger partial charge in [0.05, 0.1) is 5.02 Å². The van der Waals surface area contributed by atoms with Crippen molar-refractivity contribution in [2.24, 2.45) is 0 Å². The van der Waals surface area contributed by atoms with Gasteiger partial charge >= 0.3 is 0 Å². The molecule has 0 saturated carbocycles. The van der Waals surface area contributed by atoms with Crippen LogP contribution in [-0.4, -0.2) is 11.9 Å². The quantitative estimate of drug-likeness (QED) is 0.690. The molecule has 0 N–H and O–H groups in total. The van der Waals surface area contributed by atoms with E-state index >= 15 is 0 Å². The van der Waals surface area contributed by atoms with Gasteiger partial charge in [-0.05, 0) is 65.5 Å². The molecule has 2 aromatic carbocycles. The molecule has 0 aromatic heterocycles. The summed E-state index contributed by atoms with van der Waals surface area (Å²) in [7, 11) is 0. The summed E-state index contributed by atoms with van der Waals surface area (Å²) < 4.78 is 0.743. The first-order valence-corrected chi connectivity index (χ1v) is 8.11. The fraction of sp³-hybridized carbons (Fsp3) is 0.235. The summed E-state index contributed by atoms with van der Waals surface area (Å²) in [4.78, 5) is 14.8. The zero-order chi connectivity index (χ0) is 15.0. The molecule has 1 amide bonds. The SMILES string of the molecule is CC1CCc2ccccc2N1C(=O)c1ccc(Cl)c(Br)c1. The van der Waals surface area contributed by atoms with Gasteiger partial charge in [-0.2, -0.15) is 0 Å². The average Bonchev–Trinajstić information content (AvgIpc) is 2.49.